The average molecular weight is 499 g/mol. The van der Waals surface area contributed by atoms with E-state index in [0.717, 1.165) is 16.2 Å². The van der Waals surface area contributed by atoms with Crippen LogP contribution in [0.1, 0.15) is 29.2 Å². The van der Waals surface area contributed by atoms with Crippen LogP contribution in [0.3, 0.4) is 0 Å². The number of nitrogens with one attached hydrogen (secondary N) is 1. The molecule has 0 bridgehead atoms. The van der Waals surface area contributed by atoms with Gasteiger partial charge in [0.15, 0.2) is 28.2 Å². The molecule has 0 unspecified atom stereocenters. The number of carbonyl (C=O) groups excluding carboxylic acids is 1. The summed E-state index contributed by atoms with van der Waals surface area (Å²) in [5.41, 5.74) is 1.96. The number of thiophene rings is 1. The number of nitrogens with zero attached hydrogens (tertiary/aromatic N) is 3. The van der Waals surface area contributed by atoms with Crippen molar-refractivity contribution in [1.29, 1.82) is 0 Å². The minimum Gasteiger partial charge on any atom is -0.494 e. The minimum atomic E-state index is -0.607. The standard InChI is InChI=1S/C24H23FN4O3S2/c1-13(2)10-19-20(14-7-8-17(31-3)15(25)11-14)28-24(34-19)29-22-21(23(30)32-4)27-16(12-26-22)18-6-5-9-33-18/h5-9,11-13H,10H2,1-4H3,(H,26,28,29). The topological polar surface area (TPSA) is 86.2 Å². The predicted octanol–water partition coefficient (Wildman–Crippen LogP) is 6.21. The highest BCUT2D eigenvalue weighted by Gasteiger charge is 2.21. The molecule has 0 atom stereocenters. The Morgan fingerprint density at radius 1 is 1.21 bits per heavy atom. The van der Waals surface area contributed by atoms with Gasteiger partial charge in [0.1, 0.15) is 0 Å². The summed E-state index contributed by atoms with van der Waals surface area (Å²) in [4.78, 5) is 27.9. The molecule has 7 nitrogen and oxygen atoms in total. The molecule has 34 heavy (non-hydrogen) atoms. The Morgan fingerprint density at radius 2 is 2.03 bits per heavy atom. The largest absolute Gasteiger partial charge is 0.494 e. The summed E-state index contributed by atoms with van der Waals surface area (Å²) in [6.45, 7) is 4.21. The third-order valence-corrected chi connectivity index (χ3v) is 6.75. The molecular formula is C24H23FN4O3S2. The summed E-state index contributed by atoms with van der Waals surface area (Å²) in [6.07, 6.45) is 2.36. The lowest BCUT2D eigenvalue weighted by atomic mass is 10.0. The van der Waals surface area contributed by atoms with Gasteiger partial charge in [-0.05, 0) is 42.0 Å². The zero-order valence-electron chi connectivity index (χ0n) is 19.1. The number of methoxy groups -OCH3 is 2. The average Bonchev–Trinajstić information content (AvgIpc) is 3.49. The smallest absolute Gasteiger partial charge is 0.360 e. The van der Waals surface area contributed by atoms with Gasteiger partial charge in [-0.25, -0.2) is 24.1 Å². The summed E-state index contributed by atoms with van der Waals surface area (Å²) in [5.74, 6) is -0.285. The second-order valence-corrected chi connectivity index (χ2v) is 9.82. The fourth-order valence-corrected chi connectivity index (χ4v) is 5.19. The Kier molecular flexibility index (Phi) is 7.18. The number of halogens is 1. The van der Waals surface area contributed by atoms with E-state index in [1.807, 2.05) is 17.5 Å². The molecule has 0 aliphatic heterocycles. The van der Waals surface area contributed by atoms with Crippen molar-refractivity contribution < 1.29 is 18.7 Å². The number of thiazole rings is 1. The molecule has 3 heterocycles. The third-order valence-electron chi connectivity index (χ3n) is 4.87. The second kappa shape index (κ2) is 10.3. The minimum absolute atomic E-state index is 0.0612. The van der Waals surface area contributed by atoms with Crippen molar-refractivity contribution in [2.75, 3.05) is 19.5 Å². The number of hydrogen-bond donors (Lipinski definition) is 1. The molecule has 0 fully saturated rings. The maximum atomic E-state index is 14.4. The molecule has 1 aromatic carbocycles. The molecule has 4 rings (SSSR count). The first-order chi connectivity index (χ1) is 16.4. The molecule has 0 aliphatic carbocycles. The molecule has 1 N–H and O–H groups in total. The lowest BCUT2D eigenvalue weighted by Gasteiger charge is -2.08. The van der Waals surface area contributed by atoms with Crippen molar-refractivity contribution in [2.24, 2.45) is 5.92 Å². The van der Waals surface area contributed by atoms with E-state index in [1.165, 1.54) is 43.0 Å². The molecular weight excluding hydrogens is 475 g/mol. The number of rotatable bonds is 8. The van der Waals surface area contributed by atoms with E-state index in [1.54, 1.807) is 18.3 Å². The summed E-state index contributed by atoms with van der Waals surface area (Å²) in [6, 6.07) is 8.58. The van der Waals surface area contributed by atoms with Gasteiger partial charge < -0.3 is 14.8 Å². The summed E-state index contributed by atoms with van der Waals surface area (Å²) < 4.78 is 24.3. The third kappa shape index (κ3) is 5.07. The fraction of sp³-hybridized carbons (Fsp3) is 0.250. The van der Waals surface area contributed by atoms with E-state index in [0.29, 0.717) is 28.0 Å². The van der Waals surface area contributed by atoms with E-state index in [9.17, 15) is 9.18 Å². The quantitative estimate of drug-likeness (QED) is 0.289. The van der Waals surface area contributed by atoms with Crippen LogP contribution in [0.2, 0.25) is 0 Å². The predicted molar refractivity (Wildman–Crippen MR) is 133 cm³/mol. The van der Waals surface area contributed by atoms with Gasteiger partial charge in [0, 0.05) is 10.4 Å². The van der Waals surface area contributed by atoms with Crippen molar-refractivity contribution >= 4 is 39.6 Å². The molecule has 0 saturated heterocycles. The Morgan fingerprint density at radius 3 is 2.68 bits per heavy atom. The zero-order chi connectivity index (χ0) is 24.2. The zero-order valence-corrected chi connectivity index (χ0v) is 20.7. The first kappa shape index (κ1) is 23.8. The number of aromatic nitrogens is 3. The van der Waals surface area contributed by atoms with Crippen LogP contribution in [0.15, 0.2) is 41.9 Å². The monoisotopic (exact) mass is 498 g/mol. The second-order valence-electron chi connectivity index (χ2n) is 7.78. The first-order valence-electron chi connectivity index (χ1n) is 10.5. The summed E-state index contributed by atoms with van der Waals surface area (Å²) in [7, 11) is 2.73. The van der Waals surface area contributed by atoms with Crippen molar-refractivity contribution in [1.82, 2.24) is 15.0 Å². The van der Waals surface area contributed by atoms with Crippen LogP contribution >= 0.6 is 22.7 Å². The molecule has 0 saturated carbocycles. The van der Waals surface area contributed by atoms with Gasteiger partial charge in [-0.1, -0.05) is 19.9 Å². The van der Waals surface area contributed by atoms with Crippen LogP contribution in [0.4, 0.5) is 15.3 Å². The molecule has 4 aromatic rings. The Labute approximate surface area is 204 Å². The first-order valence-corrected chi connectivity index (χ1v) is 12.2. The molecule has 176 valence electrons. The van der Waals surface area contributed by atoms with Gasteiger partial charge in [0.05, 0.1) is 36.7 Å². The van der Waals surface area contributed by atoms with Gasteiger partial charge in [0.25, 0.3) is 0 Å². The Bertz CT molecular complexity index is 1310. The summed E-state index contributed by atoms with van der Waals surface area (Å²) in [5, 5.41) is 5.56. The highest BCUT2D eigenvalue weighted by Crippen LogP contribution is 2.36. The van der Waals surface area contributed by atoms with Crippen molar-refractivity contribution in [3.63, 3.8) is 0 Å². The van der Waals surface area contributed by atoms with Crippen molar-refractivity contribution in [3.8, 4) is 27.6 Å². The molecule has 3 aromatic heterocycles. The van der Waals surface area contributed by atoms with Crippen molar-refractivity contribution in [3.05, 3.63) is 58.3 Å². The van der Waals surface area contributed by atoms with Gasteiger partial charge in [-0.3, -0.25) is 0 Å². The Balaban J connectivity index is 1.72. The maximum Gasteiger partial charge on any atom is 0.360 e. The normalized spacial score (nSPS) is 11.0. The maximum absolute atomic E-state index is 14.4. The highest BCUT2D eigenvalue weighted by atomic mass is 32.1. The molecule has 10 heteroatoms. The SMILES string of the molecule is COC(=O)c1nc(-c2cccs2)cnc1Nc1nc(-c2ccc(OC)c(F)c2)c(CC(C)C)s1. The summed E-state index contributed by atoms with van der Waals surface area (Å²) >= 11 is 2.93. The number of esters is 1. The number of hydrogen-bond acceptors (Lipinski definition) is 9. The number of benzene rings is 1. The van der Waals surface area contributed by atoms with Gasteiger partial charge in [-0.2, -0.15) is 0 Å². The van der Waals surface area contributed by atoms with E-state index in [4.69, 9.17) is 14.5 Å². The van der Waals surface area contributed by atoms with Crippen molar-refractivity contribution in [2.45, 2.75) is 20.3 Å². The lowest BCUT2D eigenvalue weighted by Crippen LogP contribution is -2.10. The van der Waals surface area contributed by atoms with Gasteiger partial charge >= 0.3 is 5.97 Å². The molecule has 0 spiro atoms. The van der Waals surface area contributed by atoms with Crippen LogP contribution in [0, 0.1) is 11.7 Å². The van der Waals surface area contributed by atoms with Crippen LogP contribution < -0.4 is 10.1 Å². The lowest BCUT2D eigenvalue weighted by molar-refractivity contribution is 0.0595. The van der Waals surface area contributed by atoms with Crippen LogP contribution in [-0.2, 0) is 11.2 Å². The number of carbonyl (C=O) groups is 1. The Hall–Kier alpha value is -3.37. The van der Waals surface area contributed by atoms with E-state index in [2.05, 4.69) is 29.1 Å². The number of ether oxygens (including phenoxy) is 2. The van der Waals surface area contributed by atoms with Gasteiger partial charge in [-0.15, -0.1) is 22.7 Å². The molecule has 0 aliphatic rings. The van der Waals surface area contributed by atoms with E-state index < -0.39 is 11.8 Å². The fourth-order valence-electron chi connectivity index (χ4n) is 3.32. The van der Waals surface area contributed by atoms with Crippen LogP contribution in [0.5, 0.6) is 5.75 Å². The van der Waals surface area contributed by atoms with Crippen LogP contribution in [-0.4, -0.2) is 35.1 Å². The van der Waals surface area contributed by atoms with E-state index >= 15 is 0 Å². The molecule has 0 amide bonds. The number of anilines is 2. The molecule has 0 radical (unpaired) electrons. The van der Waals surface area contributed by atoms with E-state index in [-0.39, 0.29) is 17.3 Å². The highest BCUT2D eigenvalue weighted by molar-refractivity contribution is 7.16. The van der Waals surface area contributed by atoms with Gasteiger partial charge in [0.2, 0.25) is 0 Å². The van der Waals surface area contributed by atoms with Crippen LogP contribution in [0.25, 0.3) is 21.8 Å².